The Kier molecular flexibility index (Phi) is 50.0. The molecule has 8 amide bonds. The number of hydrogen-bond acceptors (Lipinski definition) is 25. The van der Waals surface area contributed by atoms with Crippen molar-refractivity contribution in [2.75, 3.05) is 18.8 Å². The second-order valence-corrected chi connectivity index (χ2v) is 30.5. The van der Waals surface area contributed by atoms with E-state index in [9.17, 15) is 62.3 Å². The van der Waals surface area contributed by atoms with Crippen LogP contribution in [0.3, 0.4) is 0 Å². The van der Waals surface area contributed by atoms with Gasteiger partial charge in [0.05, 0.1) is 49.1 Å². The van der Waals surface area contributed by atoms with Gasteiger partial charge < -0.3 is 72.3 Å². The minimum atomic E-state index is -1.12. The number of esters is 3. The van der Waals surface area contributed by atoms with Gasteiger partial charge in [0.25, 0.3) is 35.4 Å². The third-order valence-electron chi connectivity index (χ3n) is 16.0. The van der Waals surface area contributed by atoms with Gasteiger partial charge in [0.15, 0.2) is 0 Å². The molecule has 642 valence electrons. The number of cyclic esters (lactones) is 1. The molecule has 0 saturated heterocycles. The highest BCUT2D eigenvalue weighted by Crippen LogP contribution is 2.24. The SMILES string of the molecule is C/C=C(\NC(=O)c1ccc(SC)c(CN)n1)C(=O)N[C@H](C(=O)O[C@H](/C=C/CCC)CC(=O)O)C(C)C.C/C=C(\NC(=O)c1ccc(SC)c(CNC(=O)OC(C)(C)C)n1)C(=O)N[C@H](C(=O)O[C@H](/C=C/CCC)CC(C)=O)C(C)C.C/C=C1\NC(=O)c2ccc(SC)c(n2)CNC(=O)C[C@@H](/C=C/CCC)OC(=O)[C@H](C(C)C)NC1=O.CC#N. The number of carboxylic acid groups (broad SMARTS) is 1. The zero-order valence-electron chi connectivity index (χ0n) is 70.8. The van der Waals surface area contributed by atoms with Gasteiger partial charge in [-0.25, -0.2) is 34.1 Å². The molecule has 34 heteroatoms. The molecule has 0 saturated carbocycles. The van der Waals surface area contributed by atoms with E-state index >= 15 is 0 Å². The van der Waals surface area contributed by atoms with Crippen LogP contribution in [0.4, 0.5) is 4.79 Å². The number of ketones is 1. The molecule has 4 rings (SSSR count). The van der Waals surface area contributed by atoms with Crippen LogP contribution in [0.5, 0.6) is 0 Å². The Hall–Kier alpha value is -10.5. The highest BCUT2D eigenvalue weighted by Gasteiger charge is 2.34. The highest BCUT2D eigenvalue weighted by atomic mass is 32.2. The quantitative estimate of drug-likeness (QED) is 0.00873. The van der Waals surface area contributed by atoms with E-state index in [0.717, 1.165) is 46.8 Å². The second-order valence-electron chi connectivity index (χ2n) is 27.9. The van der Waals surface area contributed by atoms with Crippen molar-refractivity contribution in [3.8, 4) is 6.07 Å². The second kappa shape index (κ2) is 55.9. The summed E-state index contributed by atoms with van der Waals surface area (Å²) in [5, 5.41) is 37.4. The van der Waals surface area contributed by atoms with E-state index in [2.05, 4.69) is 57.5 Å². The molecule has 0 unspecified atom stereocenters. The third kappa shape index (κ3) is 39.8. The van der Waals surface area contributed by atoms with E-state index in [1.807, 2.05) is 51.7 Å². The number of unbranched alkanes of at least 4 members (excludes halogenated alkanes) is 3. The van der Waals surface area contributed by atoms with Crippen molar-refractivity contribution in [1.29, 1.82) is 5.26 Å². The average molecular weight is 1680 g/mol. The van der Waals surface area contributed by atoms with E-state index in [1.54, 1.807) is 132 Å². The van der Waals surface area contributed by atoms with Crippen molar-refractivity contribution < 1.29 is 86.4 Å². The van der Waals surface area contributed by atoms with Gasteiger partial charge in [-0.2, -0.15) is 5.26 Å². The summed E-state index contributed by atoms with van der Waals surface area (Å²) in [6.45, 7) is 29.6. The van der Waals surface area contributed by atoms with Crippen molar-refractivity contribution >= 4 is 112 Å². The number of carboxylic acids is 1. The molecule has 6 atom stereocenters. The van der Waals surface area contributed by atoms with E-state index in [0.29, 0.717) is 23.5 Å². The van der Waals surface area contributed by atoms with Crippen LogP contribution in [0.15, 0.2) is 123 Å². The maximum absolute atomic E-state index is 13.1. The maximum atomic E-state index is 13.1. The fourth-order valence-corrected chi connectivity index (χ4v) is 11.7. The van der Waals surface area contributed by atoms with Crippen LogP contribution in [-0.4, -0.2) is 158 Å². The number of aliphatic carboxylic acids is 1. The molecule has 4 heterocycles. The van der Waals surface area contributed by atoms with Gasteiger partial charge in [-0.3, -0.25) is 43.2 Å². The van der Waals surface area contributed by atoms with Crippen LogP contribution < -0.4 is 48.3 Å². The number of ether oxygens (including phenoxy) is 4. The van der Waals surface area contributed by atoms with Crippen molar-refractivity contribution in [1.82, 2.24) is 57.5 Å². The molecule has 0 aliphatic carbocycles. The number of amides is 8. The Bertz CT molecular complexity index is 4110. The van der Waals surface area contributed by atoms with Crippen molar-refractivity contribution in [3.05, 3.63) is 142 Å². The Morgan fingerprint density at radius 1 is 0.692 bits per heavy atom. The van der Waals surface area contributed by atoms with Gasteiger partial charge in [-0.15, -0.1) is 35.3 Å². The molecular formula is C83H119N13O18S3. The summed E-state index contributed by atoms with van der Waals surface area (Å²) in [6, 6.07) is 8.47. The summed E-state index contributed by atoms with van der Waals surface area (Å²) in [4.78, 5) is 180. The largest absolute Gasteiger partial charge is 0.481 e. The van der Waals surface area contributed by atoms with Crippen LogP contribution in [0, 0.1) is 29.1 Å². The first-order chi connectivity index (χ1) is 55.3. The van der Waals surface area contributed by atoms with Crippen LogP contribution in [0.1, 0.15) is 224 Å². The van der Waals surface area contributed by atoms with E-state index in [-0.39, 0.29) is 96.1 Å². The fourth-order valence-electron chi connectivity index (χ4n) is 10.0. The summed E-state index contributed by atoms with van der Waals surface area (Å²) in [5.41, 5.74) is 6.63. The Morgan fingerprint density at radius 3 is 1.59 bits per heavy atom. The summed E-state index contributed by atoms with van der Waals surface area (Å²) >= 11 is 4.30. The normalized spacial score (nSPS) is 15.5. The maximum Gasteiger partial charge on any atom is 0.407 e. The monoisotopic (exact) mass is 1680 g/mol. The van der Waals surface area contributed by atoms with Gasteiger partial charge in [-0.1, -0.05) is 118 Å². The zero-order valence-corrected chi connectivity index (χ0v) is 73.3. The van der Waals surface area contributed by atoms with E-state index in [4.69, 9.17) is 35.0 Å². The number of carbonyl (C=O) groups excluding carboxylic acids is 12. The van der Waals surface area contributed by atoms with Crippen LogP contribution in [-0.2, 0) is 81.7 Å². The van der Waals surface area contributed by atoms with E-state index in [1.165, 1.54) is 85.6 Å². The standard InChI is InChI=1S/C31H46N4O7S.C25H36N4O6S.C25H34N4O5S.C2H3N/c1-10-12-13-14-21(17-20(5)36)41-29(39)26(19(3)4)35-27(37)22(11-2)34-28(38)23-15-16-25(43-9)24(33-23)18-32-30(40)42-31(6,7)8;1-6-8-9-10-16(13-21(30)31)35-25(34)22(15(3)4)29-23(32)17(7-2)28-24(33)18-11-12-20(36-5)19(14-26)27-18;1-6-8-9-10-16-13-21(30)26-14-19-20(35-5)12-11-18(27-19)24(32)28-17(7-2)23(31)29-22(15(3)4)25(33)34-16;1-2-3/h11,13-16,19,21,26H,10,12,17-18H2,1-9H3,(H,32,40)(H,34,38)(H,35,37);7,9-12,15-16,22H,6,8,13-14,26H2,1-5H3,(H,28,33)(H,29,32)(H,30,31);7,9-12,15-16,22H,6,8,13-14H2,1-5H3,(H,26,30)(H,28,32)(H,29,31);1H3/b14-13+,22-11-;2*10-9+,17-7-;/t21-,26+;2*16-,22+;/m111./s1. The molecule has 0 radical (unpaired) electrons. The lowest BCUT2D eigenvalue weighted by Crippen LogP contribution is -2.48. The number of nitrogens with two attached hydrogens (primary N) is 1. The van der Waals surface area contributed by atoms with E-state index < -0.39 is 114 Å². The van der Waals surface area contributed by atoms with Crippen LogP contribution in [0.25, 0.3) is 0 Å². The highest BCUT2D eigenvalue weighted by molar-refractivity contribution is 7.99. The molecule has 2 bridgehead atoms. The first-order valence-corrected chi connectivity index (χ1v) is 42.0. The van der Waals surface area contributed by atoms with Gasteiger partial charge in [0.1, 0.15) is 82.0 Å². The van der Waals surface area contributed by atoms with Gasteiger partial charge in [-0.05, 0) is 159 Å². The molecule has 3 aromatic heterocycles. The number of thioether (sulfide) groups is 3. The molecular weight excluding hydrogens is 1560 g/mol. The molecule has 117 heavy (non-hydrogen) atoms. The average Bonchev–Trinajstić information content (AvgIpc) is 0.836. The predicted molar refractivity (Wildman–Crippen MR) is 450 cm³/mol. The van der Waals surface area contributed by atoms with Crippen LogP contribution in [0.2, 0.25) is 0 Å². The number of alkyl carbamates (subject to hydrolysis) is 1. The van der Waals surface area contributed by atoms with Crippen LogP contribution >= 0.6 is 35.3 Å². The molecule has 1 aliphatic heterocycles. The molecule has 0 fully saturated rings. The number of nitriles is 1. The Morgan fingerprint density at radius 2 is 1.16 bits per heavy atom. The first kappa shape index (κ1) is 105. The van der Waals surface area contributed by atoms with Crippen molar-refractivity contribution in [2.24, 2.45) is 23.5 Å². The number of nitrogens with one attached hydrogen (secondary N) is 8. The number of rotatable bonds is 34. The number of carbonyl (C=O) groups is 13. The molecule has 0 spiro atoms. The molecule has 1 aliphatic rings. The van der Waals surface area contributed by atoms with Crippen molar-refractivity contribution in [2.45, 2.75) is 252 Å². The Balaban J connectivity index is 0.000000867. The molecule has 0 aromatic carbocycles. The Labute approximate surface area is 700 Å². The summed E-state index contributed by atoms with van der Waals surface area (Å²) in [5.74, 6) is -8.55. The lowest BCUT2D eigenvalue weighted by Gasteiger charge is -2.24. The number of nitrogens with zero attached hydrogens (tertiary/aromatic N) is 4. The topological polar surface area (TPSA) is 464 Å². The number of pyridine rings is 3. The number of hydrogen-bond donors (Lipinski definition) is 10. The summed E-state index contributed by atoms with van der Waals surface area (Å²) in [7, 11) is 0. The molecule has 31 nitrogen and oxygen atoms in total. The summed E-state index contributed by atoms with van der Waals surface area (Å²) < 4.78 is 21.9. The molecule has 3 aromatic rings. The van der Waals surface area contributed by atoms with Crippen molar-refractivity contribution in [3.63, 3.8) is 0 Å². The van der Waals surface area contributed by atoms with Gasteiger partial charge >= 0.3 is 30.0 Å². The number of allylic oxidation sites excluding steroid dienone is 6. The third-order valence-corrected chi connectivity index (χ3v) is 18.5. The molecule has 11 N–H and O–H groups in total. The van der Waals surface area contributed by atoms with Gasteiger partial charge in [0.2, 0.25) is 5.91 Å². The lowest BCUT2D eigenvalue weighted by molar-refractivity contribution is -0.155. The minimum Gasteiger partial charge on any atom is -0.481 e. The fraction of sp³-hybridized carbons (Fsp3) is 0.506. The van der Waals surface area contributed by atoms with Gasteiger partial charge in [0, 0.05) is 34.6 Å². The lowest BCUT2D eigenvalue weighted by atomic mass is 10.0. The summed E-state index contributed by atoms with van der Waals surface area (Å²) in [6.07, 6.45) is 21.6. The minimum absolute atomic E-state index is 0.00877. The zero-order chi connectivity index (χ0) is 88.7. The number of aromatic nitrogens is 3. The number of fused-ring (bicyclic) bond motifs is 2. The smallest absolute Gasteiger partial charge is 0.407 e. The first-order valence-electron chi connectivity index (χ1n) is 38.3. The predicted octanol–water partition coefficient (Wildman–Crippen LogP) is 11.0. The number of Topliss-reactive ketones (excluding diaryl/α,β-unsaturated/α-hetero) is 1.